The monoisotopic (exact) mass is 290 g/mol. The molecule has 1 N–H and O–H groups in total. The van der Waals surface area contributed by atoms with E-state index in [9.17, 15) is 9.90 Å². The van der Waals surface area contributed by atoms with Gasteiger partial charge in [-0.25, -0.2) is 4.79 Å². The maximum Gasteiger partial charge on any atom is 0.336 e. The number of hydrogen-bond donors (Lipinski definition) is 1. The van der Waals surface area contributed by atoms with Crippen LogP contribution in [-0.2, 0) is 4.74 Å². The van der Waals surface area contributed by atoms with Gasteiger partial charge in [0, 0.05) is 18.6 Å². The third-order valence-corrected chi connectivity index (χ3v) is 3.34. The fourth-order valence-electron chi connectivity index (χ4n) is 2.25. The molecular formula is C16H18O5. The van der Waals surface area contributed by atoms with Crippen LogP contribution in [-0.4, -0.2) is 25.4 Å². The van der Waals surface area contributed by atoms with Crippen LogP contribution in [0, 0.1) is 0 Å². The summed E-state index contributed by atoms with van der Waals surface area (Å²) in [6, 6.07) is 6.52. The fourth-order valence-corrected chi connectivity index (χ4v) is 2.25. The number of methoxy groups -OCH3 is 2. The molecule has 0 aliphatic rings. The van der Waals surface area contributed by atoms with Crippen LogP contribution in [0.3, 0.4) is 0 Å². The van der Waals surface area contributed by atoms with Gasteiger partial charge in [-0.05, 0) is 30.7 Å². The summed E-state index contributed by atoms with van der Waals surface area (Å²) in [4.78, 5) is 11.5. The van der Waals surface area contributed by atoms with Crippen LogP contribution in [0.1, 0.15) is 18.6 Å². The molecule has 0 bridgehead atoms. The first-order valence-electron chi connectivity index (χ1n) is 6.46. The molecule has 0 aliphatic carbocycles. The largest absolute Gasteiger partial charge is 0.496 e. The standard InChI is InChI=1S/C16H18O5/c1-9(2)14(18)16(20-4)13-11(19-3)7-5-10-6-8-12(17)21-15(10)13/h5-8,14,16,18H,1H2,2-4H3/t14-,16-/m1/s1. The quantitative estimate of drug-likeness (QED) is 0.676. The van der Waals surface area contributed by atoms with Crippen molar-refractivity contribution in [2.24, 2.45) is 0 Å². The van der Waals surface area contributed by atoms with Crippen LogP contribution >= 0.6 is 0 Å². The van der Waals surface area contributed by atoms with Crippen molar-refractivity contribution in [3.63, 3.8) is 0 Å². The van der Waals surface area contributed by atoms with Crippen molar-refractivity contribution in [2.75, 3.05) is 14.2 Å². The topological polar surface area (TPSA) is 68.9 Å². The van der Waals surface area contributed by atoms with E-state index in [1.807, 2.05) is 0 Å². The molecule has 0 radical (unpaired) electrons. The van der Waals surface area contributed by atoms with Gasteiger partial charge in [-0.15, -0.1) is 0 Å². The zero-order valence-electron chi connectivity index (χ0n) is 12.3. The first kappa shape index (κ1) is 15.3. The highest BCUT2D eigenvalue weighted by molar-refractivity contribution is 5.82. The third kappa shape index (κ3) is 2.84. The first-order chi connectivity index (χ1) is 9.99. The maximum absolute atomic E-state index is 11.5. The zero-order chi connectivity index (χ0) is 15.6. The fraction of sp³-hybridized carbons (Fsp3) is 0.312. The lowest BCUT2D eigenvalue weighted by atomic mass is 9.97. The molecule has 5 nitrogen and oxygen atoms in total. The zero-order valence-corrected chi connectivity index (χ0v) is 12.3. The molecular weight excluding hydrogens is 272 g/mol. The van der Waals surface area contributed by atoms with Crippen LogP contribution in [0.25, 0.3) is 11.0 Å². The van der Waals surface area contributed by atoms with Crippen molar-refractivity contribution in [3.8, 4) is 5.75 Å². The molecule has 0 saturated carbocycles. The van der Waals surface area contributed by atoms with Gasteiger partial charge in [-0.1, -0.05) is 6.58 Å². The molecule has 2 aromatic rings. The van der Waals surface area contributed by atoms with E-state index < -0.39 is 17.8 Å². The van der Waals surface area contributed by atoms with E-state index in [4.69, 9.17) is 13.9 Å². The minimum atomic E-state index is -0.944. The first-order valence-corrected chi connectivity index (χ1v) is 6.46. The summed E-state index contributed by atoms with van der Waals surface area (Å²) in [5.41, 5.74) is 0.899. The van der Waals surface area contributed by atoms with Gasteiger partial charge < -0.3 is 19.0 Å². The Hall–Kier alpha value is -2.11. The summed E-state index contributed by atoms with van der Waals surface area (Å²) >= 11 is 0. The minimum Gasteiger partial charge on any atom is -0.496 e. The third-order valence-electron chi connectivity index (χ3n) is 3.34. The summed E-state index contributed by atoms with van der Waals surface area (Å²) in [7, 11) is 2.97. The van der Waals surface area contributed by atoms with E-state index in [-0.39, 0.29) is 0 Å². The van der Waals surface area contributed by atoms with E-state index in [0.29, 0.717) is 22.5 Å². The molecule has 1 aromatic heterocycles. The van der Waals surface area contributed by atoms with Crippen molar-refractivity contribution in [1.82, 2.24) is 0 Å². The Morgan fingerprint density at radius 2 is 1.95 bits per heavy atom. The lowest BCUT2D eigenvalue weighted by molar-refractivity contribution is 0.00452. The lowest BCUT2D eigenvalue weighted by Gasteiger charge is -2.24. The number of ether oxygens (including phenoxy) is 2. The van der Waals surface area contributed by atoms with Gasteiger partial charge in [0.25, 0.3) is 0 Å². The van der Waals surface area contributed by atoms with Crippen LogP contribution in [0.5, 0.6) is 5.75 Å². The number of aliphatic hydroxyl groups excluding tert-OH is 1. The molecule has 0 spiro atoms. The Bertz CT molecular complexity index is 716. The lowest BCUT2D eigenvalue weighted by Crippen LogP contribution is -2.22. The molecule has 0 saturated heterocycles. The van der Waals surface area contributed by atoms with Crippen LogP contribution in [0.15, 0.2) is 45.6 Å². The Kier molecular flexibility index (Phi) is 4.45. The van der Waals surface area contributed by atoms with Gasteiger partial charge in [-0.2, -0.15) is 0 Å². The molecule has 0 aliphatic heterocycles. The van der Waals surface area contributed by atoms with E-state index in [0.717, 1.165) is 5.39 Å². The van der Waals surface area contributed by atoms with E-state index >= 15 is 0 Å². The van der Waals surface area contributed by atoms with Crippen molar-refractivity contribution < 1.29 is 19.0 Å². The van der Waals surface area contributed by atoms with Gasteiger partial charge in [0.1, 0.15) is 23.5 Å². The van der Waals surface area contributed by atoms with Crippen LogP contribution < -0.4 is 10.4 Å². The summed E-state index contributed by atoms with van der Waals surface area (Å²) < 4.78 is 16.0. The van der Waals surface area contributed by atoms with Gasteiger partial charge in [0.2, 0.25) is 0 Å². The Labute approximate surface area is 122 Å². The van der Waals surface area contributed by atoms with Crippen molar-refractivity contribution in [1.29, 1.82) is 0 Å². The second-order valence-corrected chi connectivity index (χ2v) is 4.80. The maximum atomic E-state index is 11.5. The average Bonchev–Trinajstić information content (AvgIpc) is 2.47. The predicted octanol–water partition coefficient (Wildman–Crippen LogP) is 2.43. The van der Waals surface area contributed by atoms with E-state index in [1.165, 1.54) is 20.3 Å². The highest BCUT2D eigenvalue weighted by Gasteiger charge is 2.28. The van der Waals surface area contributed by atoms with E-state index in [2.05, 4.69) is 6.58 Å². The van der Waals surface area contributed by atoms with Gasteiger partial charge in [-0.3, -0.25) is 0 Å². The molecule has 21 heavy (non-hydrogen) atoms. The molecule has 112 valence electrons. The number of aliphatic hydroxyl groups is 1. The Balaban J connectivity index is 2.76. The Morgan fingerprint density at radius 1 is 1.29 bits per heavy atom. The molecule has 1 aromatic carbocycles. The van der Waals surface area contributed by atoms with Crippen molar-refractivity contribution in [2.45, 2.75) is 19.1 Å². The smallest absolute Gasteiger partial charge is 0.336 e. The van der Waals surface area contributed by atoms with Crippen molar-refractivity contribution in [3.05, 3.63) is 52.4 Å². The van der Waals surface area contributed by atoms with Gasteiger partial charge in [0.15, 0.2) is 0 Å². The molecule has 0 fully saturated rings. The predicted molar refractivity (Wildman–Crippen MR) is 79.6 cm³/mol. The summed E-state index contributed by atoms with van der Waals surface area (Å²) in [6.45, 7) is 5.44. The number of rotatable bonds is 5. The minimum absolute atomic E-state index is 0.342. The number of hydrogen-bond acceptors (Lipinski definition) is 5. The molecule has 0 unspecified atom stereocenters. The normalized spacial score (nSPS) is 13.9. The van der Waals surface area contributed by atoms with Crippen LogP contribution in [0.2, 0.25) is 0 Å². The molecule has 1 heterocycles. The highest BCUT2D eigenvalue weighted by Crippen LogP contribution is 2.37. The molecule has 2 atom stereocenters. The summed E-state index contributed by atoms with van der Waals surface area (Å²) in [5, 5.41) is 11.0. The summed E-state index contributed by atoms with van der Waals surface area (Å²) in [5.74, 6) is 0.476. The second kappa shape index (κ2) is 6.11. The molecule has 0 amide bonds. The highest BCUT2D eigenvalue weighted by atomic mass is 16.5. The van der Waals surface area contributed by atoms with Gasteiger partial charge >= 0.3 is 5.63 Å². The molecule has 5 heteroatoms. The van der Waals surface area contributed by atoms with Crippen LogP contribution in [0.4, 0.5) is 0 Å². The number of benzene rings is 1. The SMILES string of the molecule is C=C(C)[C@@H](O)[C@H](OC)c1c(OC)ccc2ccc(=O)oc12. The molecule has 2 rings (SSSR count). The second-order valence-electron chi connectivity index (χ2n) is 4.80. The summed E-state index contributed by atoms with van der Waals surface area (Å²) in [6.07, 6.45) is -1.69. The van der Waals surface area contributed by atoms with Gasteiger partial charge in [0.05, 0.1) is 12.7 Å². The Morgan fingerprint density at radius 3 is 2.52 bits per heavy atom. The van der Waals surface area contributed by atoms with Crippen molar-refractivity contribution >= 4 is 11.0 Å². The van der Waals surface area contributed by atoms with E-state index in [1.54, 1.807) is 25.1 Å². The number of fused-ring (bicyclic) bond motifs is 1. The average molecular weight is 290 g/mol.